The monoisotopic (exact) mass is 342 g/mol. The first kappa shape index (κ1) is 13.3. The number of halogens is 2. The molecule has 0 radical (unpaired) electrons. The van der Waals surface area contributed by atoms with Gasteiger partial charge in [0.2, 0.25) is 0 Å². The third kappa shape index (κ3) is 2.92. The van der Waals surface area contributed by atoms with Gasteiger partial charge in [-0.15, -0.1) is 0 Å². The summed E-state index contributed by atoms with van der Waals surface area (Å²) < 4.78 is 14.4. The van der Waals surface area contributed by atoms with Crippen molar-refractivity contribution < 1.29 is 4.39 Å². The molecular weight excluding hydrogens is 327 g/mol. The Bertz CT molecular complexity index is 508. The van der Waals surface area contributed by atoms with Crippen molar-refractivity contribution in [3.63, 3.8) is 0 Å². The van der Waals surface area contributed by atoms with E-state index >= 15 is 0 Å². The van der Waals surface area contributed by atoms with Crippen LogP contribution in [0.2, 0.25) is 0 Å². The summed E-state index contributed by atoms with van der Waals surface area (Å²) in [6, 6.07) is 5.39. The average molecular weight is 343 g/mol. The highest BCUT2D eigenvalue weighted by atomic mass is 79.9. The van der Waals surface area contributed by atoms with Crippen molar-refractivity contribution >= 4 is 38.9 Å². The van der Waals surface area contributed by atoms with Crippen LogP contribution >= 0.6 is 28.1 Å². The Morgan fingerprint density at radius 3 is 2.79 bits per heavy atom. The standard InChI is InChI=1S/C14H16BrFN2S/c15-10-3-4-12(11(16)7-10)17-14(19)18-13-6-8-1-2-9(13)5-8/h3-4,7-9,13H,1-2,5-6H2,(H2,17,18,19)/t8-,9-,13+/m1/s1. The molecule has 3 atom stereocenters. The molecule has 2 aliphatic rings. The van der Waals surface area contributed by atoms with E-state index < -0.39 is 0 Å². The summed E-state index contributed by atoms with van der Waals surface area (Å²) >= 11 is 8.52. The third-order valence-electron chi connectivity index (χ3n) is 4.23. The lowest BCUT2D eigenvalue weighted by Gasteiger charge is -2.24. The maximum Gasteiger partial charge on any atom is 0.171 e. The van der Waals surface area contributed by atoms with Crippen molar-refractivity contribution in [1.82, 2.24) is 5.32 Å². The Kier molecular flexibility index (Phi) is 3.76. The van der Waals surface area contributed by atoms with E-state index in [-0.39, 0.29) is 5.82 Å². The zero-order valence-electron chi connectivity index (χ0n) is 10.5. The number of thiocarbonyl (C=S) groups is 1. The van der Waals surface area contributed by atoms with Crippen molar-refractivity contribution in [3.05, 3.63) is 28.5 Å². The van der Waals surface area contributed by atoms with Gasteiger partial charge in [-0.25, -0.2) is 4.39 Å². The fraction of sp³-hybridized carbons (Fsp3) is 0.500. The molecule has 0 aliphatic heterocycles. The zero-order chi connectivity index (χ0) is 13.4. The number of hydrogen-bond acceptors (Lipinski definition) is 1. The van der Waals surface area contributed by atoms with Crippen LogP contribution in [0.3, 0.4) is 0 Å². The van der Waals surface area contributed by atoms with Gasteiger partial charge in [0, 0.05) is 10.5 Å². The molecular formula is C14H16BrFN2S. The predicted octanol–water partition coefficient (Wildman–Crippen LogP) is 4.06. The molecule has 0 amide bonds. The van der Waals surface area contributed by atoms with Crippen LogP contribution in [-0.2, 0) is 0 Å². The Labute approximate surface area is 126 Å². The van der Waals surface area contributed by atoms with Crippen molar-refractivity contribution in [1.29, 1.82) is 0 Å². The molecule has 1 aromatic carbocycles. The minimum atomic E-state index is -0.300. The second kappa shape index (κ2) is 5.37. The van der Waals surface area contributed by atoms with E-state index in [0.717, 1.165) is 16.3 Å². The number of anilines is 1. The molecule has 2 bridgehead atoms. The van der Waals surface area contributed by atoms with E-state index in [4.69, 9.17) is 12.2 Å². The maximum absolute atomic E-state index is 13.7. The maximum atomic E-state index is 13.7. The summed E-state index contributed by atoms with van der Waals surface area (Å²) in [5, 5.41) is 6.82. The van der Waals surface area contributed by atoms with Crippen molar-refractivity contribution in [2.45, 2.75) is 31.7 Å². The van der Waals surface area contributed by atoms with E-state index in [2.05, 4.69) is 26.6 Å². The number of rotatable bonds is 2. The summed E-state index contributed by atoms with van der Waals surface area (Å²) in [6.45, 7) is 0. The zero-order valence-corrected chi connectivity index (χ0v) is 12.9. The van der Waals surface area contributed by atoms with Gasteiger partial charge in [0.05, 0.1) is 5.69 Å². The molecule has 2 saturated carbocycles. The van der Waals surface area contributed by atoms with Crippen LogP contribution < -0.4 is 10.6 Å². The summed E-state index contributed by atoms with van der Waals surface area (Å²) in [7, 11) is 0. The largest absolute Gasteiger partial charge is 0.359 e. The first-order chi connectivity index (χ1) is 9.11. The number of hydrogen-bond donors (Lipinski definition) is 2. The lowest BCUT2D eigenvalue weighted by Crippen LogP contribution is -2.40. The van der Waals surface area contributed by atoms with Crippen LogP contribution in [0.1, 0.15) is 25.7 Å². The molecule has 0 unspecified atom stereocenters. The van der Waals surface area contributed by atoms with Gasteiger partial charge in [-0.3, -0.25) is 0 Å². The van der Waals surface area contributed by atoms with Gasteiger partial charge in [0.1, 0.15) is 5.82 Å². The van der Waals surface area contributed by atoms with Crippen LogP contribution in [0.25, 0.3) is 0 Å². The molecule has 3 rings (SSSR count). The van der Waals surface area contributed by atoms with Crippen LogP contribution in [-0.4, -0.2) is 11.2 Å². The SMILES string of the molecule is Fc1cc(Br)ccc1NC(=S)N[C@H]1C[C@@H]2CC[C@@H]1C2. The van der Waals surface area contributed by atoms with Crippen molar-refractivity contribution in [2.24, 2.45) is 11.8 Å². The van der Waals surface area contributed by atoms with Crippen molar-refractivity contribution in [3.8, 4) is 0 Å². The molecule has 0 saturated heterocycles. The molecule has 2 aliphatic carbocycles. The average Bonchev–Trinajstić information content (AvgIpc) is 2.95. The third-order valence-corrected chi connectivity index (χ3v) is 4.95. The van der Waals surface area contributed by atoms with Gasteiger partial charge < -0.3 is 10.6 Å². The van der Waals surface area contributed by atoms with E-state index in [1.54, 1.807) is 12.1 Å². The smallest absolute Gasteiger partial charge is 0.171 e. The molecule has 2 N–H and O–H groups in total. The molecule has 2 fully saturated rings. The van der Waals surface area contributed by atoms with Gasteiger partial charge in [0.15, 0.2) is 5.11 Å². The topological polar surface area (TPSA) is 24.1 Å². The molecule has 0 aromatic heterocycles. The minimum absolute atomic E-state index is 0.300. The molecule has 102 valence electrons. The fourth-order valence-electron chi connectivity index (χ4n) is 3.34. The van der Waals surface area contributed by atoms with E-state index in [1.807, 2.05) is 0 Å². The van der Waals surface area contributed by atoms with Crippen LogP contribution in [0.4, 0.5) is 10.1 Å². The Morgan fingerprint density at radius 2 is 2.16 bits per heavy atom. The van der Waals surface area contributed by atoms with Crippen LogP contribution in [0.15, 0.2) is 22.7 Å². The Hall–Kier alpha value is -0.680. The lowest BCUT2D eigenvalue weighted by molar-refractivity contribution is 0.391. The minimum Gasteiger partial charge on any atom is -0.359 e. The second-order valence-electron chi connectivity index (χ2n) is 5.50. The van der Waals surface area contributed by atoms with Crippen LogP contribution in [0.5, 0.6) is 0 Å². The highest BCUT2D eigenvalue weighted by Gasteiger charge is 2.39. The van der Waals surface area contributed by atoms with Gasteiger partial charge in [-0.2, -0.15) is 0 Å². The fourth-order valence-corrected chi connectivity index (χ4v) is 3.93. The van der Waals surface area contributed by atoms with E-state index in [9.17, 15) is 4.39 Å². The first-order valence-electron chi connectivity index (χ1n) is 6.64. The number of nitrogens with one attached hydrogen (secondary N) is 2. The number of fused-ring (bicyclic) bond motifs is 2. The molecule has 1 aromatic rings. The quantitative estimate of drug-likeness (QED) is 0.792. The van der Waals surface area contributed by atoms with Crippen molar-refractivity contribution in [2.75, 3.05) is 5.32 Å². The molecule has 19 heavy (non-hydrogen) atoms. The first-order valence-corrected chi connectivity index (χ1v) is 7.84. The van der Waals surface area contributed by atoms with E-state index in [1.165, 1.54) is 31.7 Å². The highest BCUT2D eigenvalue weighted by Crippen LogP contribution is 2.44. The summed E-state index contributed by atoms with van der Waals surface area (Å²) in [5.74, 6) is 1.32. The number of benzene rings is 1. The summed E-state index contributed by atoms with van der Waals surface area (Å²) in [6.07, 6.45) is 5.20. The molecule has 2 nitrogen and oxygen atoms in total. The highest BCUT2D eigenvalue weighted by molar-refractivity contribution is 9.10. The summed E-state index contributed by atoms with van der Waals surface area (Å²) in [4.78, 5) is 0. The van der Waals surface area contributed by atoms with Gasteiger partial charge in [-0.1, -0.05) is 22.4 Å². The predicted molar refractivity (Wildman–Crippen MR) is 82.7 cm³/mol. The van der Waals surface area contributed by atoms with Gasteiger partial charge in [0.25, 0.3) is 0 Å². The van der Waals surface area contributed by atoms with Crippen LogP contribution in [0, 0.1) is 17.7 Å². The van der Waals surface area contributed by atoms with Gasteiger partial charge in [-0.05, 0) is 61.5 Å². The van der Waals surface area contributed by atoms with Gasteiger partial charge >= 0.3 is 0 Å². The summed E-state index contributed by atoms with van der Waals surface area (Å²) in [5.41, 5.74) is 0.420. The Balaban J connectivity index is 1.59. The van der Waals surface area contributed by atoms with E-state index in [0.29, 0.717) is 16.8 Å². The lowest BCUT2D eigenvalue weighted by atomic mass is 9.96. The molecule has 0 heterocycles. The molecule has 0 spiro atoms. The Morgan fingerprint density at radius 1 is 1.32 bits per heavy atom. The molecule has 5 heteroatoms. The second-order valence-corrected chi connectivity index (χ2v) is 6.83. The normalized spacial score (nSPS) is 28.4.